The molecule has 0 N–H and O–H groups in total. The summed E-state index contributed by atoms with van der Waals surface area (Å²) in [6.45, 7) is 2.48. The van der Waals surface area contributed by atoms with Gasteiger partial charge in [-0.1, -0.05) is 36.4 Å². The molecule has 0 saturated carbocycles. The Morgan fingerprint density at radius 1 is 1.10 bits per heavy atom. The first-order chi connectivity index (χ1) is 9.81. The normalized spacial score (nSPS) is 10.7. The molecule has 3 aromatic rings. The van der Waals surface area contributed by atoms with E-state index in [1.807, 2.05) is 49.5 Å². The Kier molecular flexibility index (Phi) is 3.25. The summed E-state index contributed by atoms with van der Waals surface area (Å²) in [5.74, 6) is 0.645. The SMILES string of the molecule is Cc1c(OC=O)c2ccccn2c1Cc1ccccc1. The number of hydrogen-bond donors (Lipinski definition) is 0. The molecule has 0 atom stereocenters. The highest BCUT2D eigenvalue weighted by atomic mass is 16.5. The molecule has 0 unspecified atom stereocenters. The second-order valence-corrected chi connectivity index (χ2v) is 4.73. The lowest BCUT2D eigenvalue weighted by Crippen LogP contribution is -1.95. The van der Waals surface area contributed by atoms with E-state index in [4.69, 9.17) is 4.74 Å². The van der Waals surface area contributed by atoms with E-state index in [9.17, 15) is 4.79 Å². The van der Waals surface area contributed by atoms with Gasteiger partial charge in [0, 0.05) is 23.9 Å². The highest BCUT2D eigenvalue weighted by Gasteiger charge is 2.15. The molecule has 0 aliphatic heterocycles. The molecule has 100 valence electrons. The summed E-state index contributed by atoms with van der Waals surface area (Å²) in [5.41, 5.74) is 4.30. The molecule has 0 spiro atoms. The Morgan fingerprint density at radius 3 is 2.60 bits per heavy atom. The molecular weight excluding hydrogens is 250 g/mol. The first-order valence-electron chi connectivity index (χ1n) is 6.54. The van der Waals surface area contributed by atoms with Crippen LogP contribution in [0, 0.1) is 6.92 Å². The Bertz CT molecular complexity index is 744. The maximum absolute atomic E-state index is 10.7. The van der Waals surface area contributed by atoms with Crippen molar-refractivity contribution in [1.82, 2.24) is 4.40 Å². The molecule has 3 rings (SSSR count). The minimum atomic E-state index is 0.488. The molecule has 0 aliphatic carbocycles. The van der Waals surface area contributed by atoms with Crippen molar-refractivity contribution in [2.45, 2.75) is 13.3 Å². The quantitative estimate of drug-likeness (QED) is 0.677. The van der Waals surface area contributed by atoms with Crippen LogP contribution in [0.4, 0.5) is 0 Å². The van der Waals surface area contributed by atoms with Gasteiger partial charge < -0.3 is 9.14 Å². The standard InChI is InChI=1S/C17H15NO2/c1-13-16(11-14-7-3-2-4-8-14)18-10-6-5-9-15(18)17(13)20-12-19/h2-10,12H,11H2,1H3. The lowest BCUT2D eigenvalue weighted by Gasteiger charge is -2.04. The van der Waals surface area contributed by atoms with E-state index >= 15 is 0 Å². The zero-order valence-corrected chi connectivity index (χ0v) is 11.2. The van der Waals surface area contributed by atoms with Gasteiger partial charge >= 0.3 is 0 Å². The summed E-state index contributed by atoms with van der Waals surface area (Å²) in [6, 6.07) is 16.1. The van der Waals surface area contributed by atoms with Gasteiger partial charge in [-0.3, -0.25) is 4.79 Å². The first kappa shape index (κ1) is 12.5. The van der Waals surface area contributed by atoms with Crippen molar-refractivity contribution in [3.05, 3.63) is 71.5 Å². The fourth-order valence-corrected chi connectivity index (χ4v) is 2.57. The number of benzene rings is 1. The van der Waals surface area contributed by atoms with Crippen LogP contribution in [-0.4, -0.2) is 10.9 Å². The fraction of sp³-hybridized carbons (Fsp3) is 0.118. The van der Waals surface area contributed by atoms with Crippen LogP contribution in [0.5, 0.6) is 5.75 Å². The van der Waals surface area contributed by atoms with Crippen LogP contribution in [0.1, 0.15) is 16.8 Å². The van der Waals surface area contributed by atoms with E-state index in [1.165, 1.54) is 5.56 Å². The van der Waals surface area contributed by atoms with E-state index in [2.05, 4.69) is 16.5 Å². The third-order valence-electron chi connectivity index (χ3n) is 3.54. The van der Waals surface area contributed by atoms with Crippen molar-refractivity contribution in [2.24, 2.45) is 0 Å². The van der Waals surface area contributed by atoms with E-state index in [-0.39, 0.29) is 0 Å². The number of hydrogen-bond acceptors (Lipinski definition) is 2. The third kappa shape index (κ3) is 2.07. The summed E-state index contributed by atoms with van der Waals surface area (Å²) in [4.78, 5) is 10.7. The Hall–Kier alpha value is -2.55. The second-order valence-electron chi connectivity index (χ2n) is 4.73. The molecule has 0 saturated heterocycles. The summed E-state index contributed by atoms with van der Waals surface area (Å²) in [6.07, 6.45) is 2.80. The Labute approximate surface area is 117 Å². The van der Waals surface area contributed by atoms with E-state index in [1.54, 1.807) is 0 Å². The monoisotopic (exact) mass is 265 g/mol. The number of pyridine rings is 1. The lowest BCUT2D eigenvalue weighted by atomic mass is 10.1. The average Bonchev–Trinajstić information content (AvgIpc) is 2.75. The maximum Gasteiger partial charge on any atom is 0.298 e. The van der Waals surface area contributed by atoms with Gasteiger partial charge in [0.1, 0.15) is 0 Å². The predicted molar refractivity (Wildman–Crippen MR) is 78.1 cm³/mol. The van der Waals surface area contributed by atoms with Gasteiger partial charge in [-0.15, -0.1) is 0 Å². The number of aromatic nitrogens is 1. The smallest absolute Gasteiger partial charge is 0.298 e. The molecule has 2 aromatic heterocycles. The van der Waals surface area contributed by atoms with Crippen LogP contribution in [0.2, 0.25) is 0 Å². The lowest BCUT2D eigenvalue weighted by molar-refractivity contribution is -0.120. The van der Waals surface area contributed by atoms with Crippen LogP contribution >= 0.6 is 0 Å². The van der Waals surface area contributed by atoms with Crippen molar-refractivity contribution < 1.29 is 9.53 Å². The van der Waals surface area contributed by atoms with Crippen LogP contribution in [0.3, 0.4) is 0 Å². The number of rotatable bonds is 4. The number of fused-ring (bicyclic) bond motifs is 1. The summed E-state index contributed by atoms with van der Waals surface area (Å²) in [7, 11) is 0. The van der Waals surface area contributed by atoms with Crippen molar-refractivity contribution in [1.29, 1.82) is 0 Å². The molecular formula is C17H15NO2. The first-order valence-corrected chi connectivity index (χ1v) is 6.54. The van der Waals surface area contributed by atoms with Gasteiger partial charge in [-0.25, -0.2) is 0 Å². The van der Waals surface area contributed by atoms with Crippen molar-refractivity contribution >= 4 is 12.0 Å². The zero-order valence-electron chi connectivity index (χ0n) is 11.2. The van der Waals surface area contributed by atoms with Crippen LogP contribution < -0.4 is 4.74 Å². The highest BCUT2D eigenvalue weighted by molar-refractivity contribution is 5.70. The Morgan fingerprint density at radius 2 is 1.85 bits per heavy atom. The van der Waals surface area contributed by atoms with Crippen LogP contribution in [0.25, 0.3) is 5.52 Å². The average molecular weight is 265 g/mol. The van der Waals surface area contributed by atoms with Crippen molar-refractivity contribution in [3.63, 3.8) is 0 Å². The molecule has 3 heteroatoms. The summed E-state index contributed by atoms with van der Waals surface area (Å²) in [5, 5.41) is 0. The Balaban J connectivity index is 2.15. The molecule has 0 radical (unpaired) electrons. The number of carbonyl (C=O) groups excluding carboxylic acids is 1. The number of carbonyl (C=O) groups is 1. The van der Waals surface area contributed by atoms with Gasteiger partial charge in [0.2, 0.25) is 0 Å². The maximum atomic E-state index is 10.7. The summed E-state index contributed by atoms with van der Waals surface area (Å²) < 4.78 is 7.25. The van der Waals surface area contributed by atoms with Gasteiger partial charge in [0.15, 0.2) is 5.75 Å². The topological polar surface area (TPSA) is 30.7 Å². The minimum absolute atomic E-state index is 0.488. The molecule has 0 fully saturated rings. The van der Waals surface area contributed by atoms with E-state index in [0.29, 0.717) is 12.2 Å². The van der Waals surface area contributed by atoms with Crippen LogP contribution in [-0.2, 0) is 11.2 Å². The molecule has 2 heterocycles. The van der Waals surface area contributed by atoms with Gasteiger partial charge in [0.05, 0.1) is 5.52 Å². The van der Waals surface area contributed by atoms with Crippen molar-refractivity contribution in [2.75, 3.05) is 0 Å². The molecule has 1 aromatic carbocycles. The van der Waals surface area contributed by atoms with Crippen molar-refractivity contribution in [3.8, 4) is 5.75 Å². The molecule has 3 nitrogen and oxygen atoms in total. The summed E-state index contributed by atoms with van der Waals surface area (Å²) >= 11 is 0. The van der Waals surface area contributed by atoms with Gasteiger partial charge in [-0.05, 0) is 24.6 Å². The molecule has 0 bridgehead atoms. The third-order valence-corrected chi connectivity index (χ3v) is 3.54. The van der Waals surface area contributed by atoms with Gasteiger partial charge in [-0.2, -0.15) is 0 Å². The molecule has 20 heavy (non-hydrogen) atoms. The fourth-order valence-electron chi connectivity index (χ4n) is 2.57. The van der Waals surface area contributed by atoms with Crippen LogP contribution in [0.15, 0.2) is 54.7 Å². The van der Waals surface area contributed by atoms with Gasteiger partial charge in [0.25, 0.3) is 6.47 Å². The second kappa shape index (κ2) is 5.21. The largest absolute Gasteiger partial charge is 0.426 e. The molecule has 0 aliphatic rings. The van der Waals surface area contributed by atoms with E-state index < -0.39 is 0 Å². The highest BCUT2D eigenvalue weighted by Crippen LogP contribution is 2.31. The molecule has 0 amide bonds. The number of ether oxygens (including phenoxy) is 1. The number of nitrogens with zero attached hydrogens (tertiary/aromatic N) is 1. The van der Waals surface area contributed by atoms with E-state index in [0.717, 1.165) is 23.2 Å². The zero-order chi connectivity index (χ0) is 13.9. The minimum Gasteiger partial charge on any atom is -0.426 e. The predicted octanol–water partition coefficient (Wildman–Crippen LogP) is 3.37.